The van der Waals surface area contributed by atoms with Gasteiger partial charge in [-0.25, -0.2) is 0 Å². The zero-order chi connectivity index (χ0) is 18.0. The molecule has 1 aliphatic heterocycles. The van der Waals surface area contributed by atoms with Gasteiger partial charge in [-0.05, 0) is 51.7 Å². The molecule has 4 heteroatoms. The van der Waals surface area contributed by atoms with Crippen LogP contribution >= 0.6 is 0 Å². The van der Waals surface area contributed by atoms with E-state index in [-0.39, 0.29) is 29.9 Å². The second-order valence-corrected chi connectivity index (χ2v) is 8.04. The predicted molar refractivity (Wildman–Crippen MR) is 97.4 cm³/mol. The summed E-state index contributed by atoms with van der Waals surface area (Å²) in [5.74, 6) is 0. The van der Waals surface area contributed by atoms with E-state index >= 15 is 0 Å². The first-order valence-corrected chi connectivity index (χ1v) is 8.65. The minimum Gasteiger partial charge on any atom is -0.394 e. The number of hydrogen-bond acceptors (Lipinski definition) is 4. The quantitative estimate of drug-likeness (QED) is 0.839. The average Bonchev–Trinajstić information content (AvgIpc) is 2.49. The molecule has 0 amide bonds. The van der Waals surface area contributed by atoms with E-state index in [9.17, 15) is 10.2 Å². The van der Waals surface area contributed by atoms with E-state index in [4.69, 9.17) is 4.84 Å². The van der Waals surface area contributed by atoms with Gasteiger partial charge in [0.15, 0.2) is 0 Å². The van der Waals surface area contributed by atoms with Gasteiger partial charge in [-0.3, -0.25) is 4.84 Å². The first-order valence-electron chi connectivity index (χ1n) is 8.65. The van der Waals surface area contributed by atoms with Crippen molar-refractivity contribution in [2.75, 3.05) is 6.61 Å². The Morgan fingerprint density at radius 1 is 1.21 bits per heavy atom. The Kier molecular flexibility index (Phi) is 5.87. The first-order chi connectivity index (χ1) is 11.2. The first kappa shape index (κ1) is 19.1. The van der Waals surface area contributed by atoms with Gasteiger partial charge in [0.1, 0.15) is 6.10 Å². The monoisotopic (exact) mass is 333 g/mol. The molecular weight excluding hydrogens is 302 g/mol. The zero-order valence-electron chi connectivity index (χ0n) is 15.3. The molecule has 0 radical (unpaired) electrons. The smallest absolute Gasteiger partial charge is 0.106 e. The van der Waals surface area contributed by atoms with Crippen molar-refractivity contribution < 1.29 is 15.1 Å². The molecule has 2 rings (SSSR count). The van der Waals surface area contributed by atoms with Crippen LogP contribution in [0, 0.1) is 0 Å². The van der Waals surface area contributed by atoms with Gasteiger partial charge >= 0.3 is 0 Å². The number of hydroxylamine groups is 2. The lowest BCUT2D eigenvalue weighted by Crippen LogP contribution is -2.62. The van der Waals surface area contributed by atoms with Crippen LogP contribution in [0.5, 0.6) is 0 Å². The van der Waals surface area contributed by atoms with Crippen molar-refractivity contribution in [3.8, 4) is 0 Å². The summed E-state index contributed by atoms with van der Waals surface area (Å²) in [6, 6.07) is 8.11. The van der Waals surface area contributed by atoms with E-state index in [1.165, 1.54) is 0 Å². The Balaban J connectivity index is 2.11. The molecule has 1 aliphatic rings. The van der Waals surface area contributed by atoms with Crippen molar-refractivity contribution in [2.45, 2.75) is 70.2 Å². The third kappa shape index (κ3) is 4.45. The van der Waals surface area contributed by atoms with E-state index in [0.717, 1.165) is 11.1 Å². The summed E-state index contributed by atoms with van der Waals surface area (Å²) in [5, 5.41) is 21.9. The van der Waals surface area contributed by atoms with E-state index in [1.54, 1.807) is 0 Å². The minimum absolute atomic E-state index is 0.0472. The molecule has 0 saturated carbocycles. The third-order valence-electron chi connectivity index (χ3n) is 4.71. The van der Waals surface area contributed by atoms with Crippen LogP contribution in [-0.4, -0.2) is 45.2 Å². The molecule has 2 N–H and O–H groups in total. The fraction of sp³-hybridized carbons (Fsp3) is 0.600. The molecule has 1 unspecified atom stereocenters. The van der Waals surface area contributed by atoms with Gasteiger partial charge in [-0.1, -0.05) is 36.9 Å². The van der Waals surface area contributed by atoms with Crippen molar-refractivity contribution in [3.05, 3.63) is 42.0 Å². The lowest BCUT2D eigenvalue weighted by Gasteiger charge is -2.53. The summed E-state index contributed by atoms with van der Waals surface area (Å²) in [6.07, 6.45) is 3.13. The number of nitrogens with zero attached hydrogens (tertiary/aromatic N) is 1. The highest BCUT2D eigenvalue weighted by Gasteiger charge is 2.46. The molecule has 1 heterocycles. The SMILES string of the molecule is C=Cc1ccc(CC(CO)ON2C(C)(C)CC(O)CC2(C)C)cc1. The lowest BCUT2D eigenvalue weighted by atomic mass is 9.80. The van der Waals surface area contributed by atoms with Crippen molar-refractivity contribution in [2.24, 2.45) is 0 Å². The molecular formula is C20H31NO3. The van der Waals surface area contributed by atoms with Crippen LogP contribution in [0.2, 0.25) is 0 Å². The van der Waals surface area contributed by atoms with Crippen molar-refractivity contribution in [3.63, 3.8) is 0 Å². The predicted octanol–water partition coefficient (Wildman–Crippen LogP) is 3.18. The highest BCUT2D eigenvalue weighted by atomic mass is 16.7. The van der Waals surface area contributed by atoms with Crippen LogP contribution in [-0.2, 0) is 11.3 Å². The van der Waals surface area contributed by atoms with Crippen LogP contribution < -0.4 is 0 Å². The van der Waals surface area contributed by atoms with Crippen molar-refractivity contribution >= 4 is 6.08 Å². The number of hydrogen-bond donors (Lipinski definition) is 2. The summed E-state index contributed by atoms with van der Waals surface area (Å²) < 4.78 is 0. The molecule has 1 saturated heterocycles. The number of aliphatic hydroxyl groups is 2. The second kappa shape index (κ2) is 7.36. The summed E-state index contributed by atoms with van der Waals surface area (Å²) in [4.78, 5) is 6.23. The van der Waals surface area contributed by atoms with Crippen LogP contribution in [0.3, 0.4) is 0 Å². The maximum atomic E-state index is 10.1. The average molecular weight is 333 g/mol. The van der Waals surface area contributed by atoms with Gasteiger partial charge < -0.3 is 10.2 Å². The topological polar surface area (TPSA) is 52.9 Å². The molecule has 1 atom stereocenters. The Labute approximate surface area is 145 Å². The van der Waals surface area contributed by atoms with Crippen LogP contribution in [0.1, 0.15) is 51.7 Å². The fourth-order valence-electron chi connectivity index (χ4n) is 3.83. The molecule has 134 valence electrons. The normalized spacial score (nSPS) is 22.2. The third-order valence-corrected chi connectivity index (χ3v) is 4.71. The van der Waals surface area contributed by atoms with Gasteiger partial charge in [0.25, 0.3) is 0 Å². The summed E-state index contributed by atoms with van der Waals surface area (Å²) in [5.41, 5.74) is 1.61. The van der Waals surface area contributed by atoms with E-state index < -0.39 is 0 Å². The zero-order valence-corrected chi connectivity index (χ0v) is 15.3. The van der Waals surface area contributed by atoms with Crippen LogP contribution in [0.15, 0.2) is 30.8 Å². The lowest BCUT2D eigenvalue weighted by molar-refractivity contribution is -0.317. The highest BCUT2D eigenvalue weighted by Crippen LogP contribution is 2.39. The maximum Gasteiger partial charge on any atom is 0.106 e. The second-order valence-electron chi connectivity index (χ2n) is 8.04. The maximum absolute atomic E-state index is 10.1. The summed E-state index contributed by atoms with van der Waals surface area (Å²) in [6.45, 7) is 12.0. The van der Waals surface area contributed by atoms with Gasteiger partial charge in [-0.15, -0.1) is 0 Å². The van der Waals surface area contributed by atoms with Crippen LogP contribution in [0.4, 0.5) is 0 Å². The Bertz CT molecular complexity index is 533. The number of piperidine rings is 1. The molecule has 0 spiro atoms. The number of rotatable bonds is 6. The minimum atomic E-state index is -0.325. The number of benzene rings is 1. The Morgan fingerprint density at radius 2 is 1.75 bits per heavy atom. The molecule has 0 bridgehead atoms. The molecule has 1 fully saturated rings. The molecule has 24 heavy (non-hydrogen) atoms. The van der Waals surface area contributed by atoms with Gasteiger partial charge in [0.05, 0.1) is 12.7 Å². The largest absolute Gasteiger partial charge is 0.394 e. The fourth-order valence-corrected chi connectivity index (χ4v) is 3.83. The van der Waals surface area contributed by atoms with Gasteiger partial charge in [0.2, 0.25) is 0 Å². The Hall–Kier alpha value is -1.20. The van der Waals surface area contributed by atoms with E-state index in [2.05, 4.69) is 34.3 Å². The summed E-state index contributed by atoms with van der Waals surface area (Å²) in [7, 11) is 0. The molecule has 1 aromatic carbocycles. The van der Waals surface area contributed by atoms with Crippen LogP contribution in [0.25, 0.3) is 6.08 Å². The molecule has 1 aromatic rings. The molecule has 4 nitrogen and oxygen atoms in total. The summed E-state index contributed by atoms with van der Waals surface area (Å²) >= 11 is 0. The van der Waals surface area contributed by atoms with Gasteiger partial charge in [0, 0.05) is 17.5 Å². The van der Waals surface area contributed by atoms with E-state index in [1.807, 2.05) is 35.4 Å². The van der Waals surface area contributed by atoms with Gasteiger partial charge in [-0.2, -0.15) is 5.06 Å². The van der Waals surface area contributed by atoms with E-state index in [0.29, 0.717) is 19.3 Å². The van der Waals surface area contributed by atoms with Crippen molar-refractivity contribution in [1.29, 1.82) is 0 Å². The van der Waals surface area contributed by atoms with Crippen molar-refractivity contribution in [1.82, 2.24) is 5.06 Å². The standard InChI is InChI=1S/C20H31NO3/c1-6-15-7-9-16(10-8-15)11-18(14-22)24-21-19(2,3)12-17(23)13-20(21,4)5/h6-10,17-18,22-23H,1,11-14H2,2-5H3. The highest BCUT2D eigenvalue weighted by molar-refractivity contribution is 5.47. The molecule has 0 aliphatic carbocycles. The number of aliphatic hydroxyl groups excluding tert-OH is 2. The Morgan fingerprint density at radius 3 is 2.21 bits per heavy atom. The molecule has 0 aromatic heterocycles.